The standard InChI is InChI=1S/C18H16F3N3O3S/c1-13(17(25)23-12-18(19,20)21)24(15-5-3-2-4-6-15)28(26,27)16-9-7-14(11-22)8-10-16/h2-10,13H,12H2,1H3,(H,23,25)/t13-/m1/s1. The molecule has 148 valence electrons. The van der Waals surface area contributed by atoms with Crippen molar-refractivity contribution in [1.82, 2.24) is 5.32 Å². The van der Waals surface area contributed by atoms with Crippen LogP contribution in [0.25, 0.3) is 0 Å². The number of alkyl halides is 3. The zero-order valence-electron chi connectivity index (χ0n) is 14.6. The quantitative estimate of drug-likeness (QED) is 0.792. The van der Waals surface area contributed by atoms with E-state index in [1.54, 1.807) is 11.4 Å². The van der Waals surface area contributed by atoms with Crippen molar-refractivity contribution in [1.29, 1.82) is 5.26 Å². The molecule has 2 aromatic carbocycles. The number of benzene rings is 2. The van der Waals surface area contributed by atoms with Crippen LogP contribution in [0.2, 0.25) is 0 Å². The predicted octanol–water partition coefficient (Wildman–Crippen LogP) is 2.82. The number of anilines is 1. The largest absolute Gasteiger partial charge is 0.405 e. The number of nitriles is 1. The highest BCUT2D eigenvalue weighted by Gasteiger charge is 2.35. The monoisotopic (exact) mass is 411 g/mol. The van der Waals surface area contributed by atoms with Crippen molar-refractivity contribution in [3.63, 3.8) is 0 Å². The zero-order chi connectivity index (χ0) is 20.9. The number of carbonyl (C=O) groups is 1. The molecule has 2 rings (SSSR count). The smallest absolute Gasteiger partial charge is 0.345 e. The molecule has 0 saturated heterocycles. The summed E-state index contributed by atoms with van der Waals surface area (Å²) < 4.78 is 64.2. The van der Waals surface area contributed by atoms with Gasteiger partial charge in [-0.25, -0.2) is 8.42 Å². The number of nitrogens with one attached hydrogen (secondary N) is 1. The second-order valence-electron chi connectivity index (χ2n) is 5.78. The fraction of sp³-hybridized carbons (Fsp3) is 0.222. The second-order valence-corrected chi connectivity index (χ2v) is 7.60. The van der Waals surface area contributed by atoms with Crippen molar-refractivity contribution < 1.29 is 26.4 Å². The van der Waals surface area contributed by atoms with Crippen molar-refractivity contribution in [3.8, 4) is 6.07 Å². The minimum Gasteiger partial charge on any atom is -0.345 e. The van der Waals surface area contributed by atoms with Crippen LogP contribution in [0, 0.1) is 11.3 Å². The normalized spacial score (nSPS) is 12.7. The minimum absolute atomic E-state index is 0.113. The summed E-state index contributed by atoms with van der Waals surface area (Å²) in [5.41, 5.74) is 0.350. The first-order valence-electron chi connectivity index (χ1n) is 8.00. The molecule has 0 radical (unpaired) electrons. The molecule has 10 heteroatoms. The lowest BCUT2D eigenvalue weighted by Gasteiger charge is -2.29. The molecular formula is C18H16F3N3O3S. The van der Waals surface area contributed by atoms with Crippen LogP contribution in [0.15, 0.2) is 59.5 Å². The molecule has 0 bridgehead atoms. The molecule has 0 aliphatic carbocycles. The molecule has 1 amide bonds. The number of rotatable bonds is 6. The Labute approximate surface area is 160 Å². The van der Waals surface area contributed by atoms with Gasteiger partial charge in [0.15, 0.2) is 0 Å². The molecule has 0 unspecified atom stereocenters. The third-order valence-corrected chi connectivity index (χ3v) is 5.66. The van der Waals surface area contributed by atoms with Crippen molar-refractivity contribution >= 4 is 21.6 Å². The van der Waals surface area contributed by atoms with E-state index in [4.69, 9.17) is 5.26 Å². The van der Waals surface area contributed by atoms with Crippen LogP contribution in [0.3, 0.4) is 0 Å². The van der Waals surface area contributed by atoms with Gasteiger partial charge in [-0.05, 0) is 43.3 Å². The fourth-order valence-corrected chi connectivity index (χ4v) is 4.02. The summed E-state index contributed by atoms with van der Waals surface area (Å²) in [7, 11) is -4.30. The Morgan fingerprint density at radius 3 is 2.21 bits per heavy atom. The van der Waals surface area contributed by atoms with E-state index in [1.165, 1.54) is 55.5 Å². The van der Waals surface area contributed by atoms with E-state index < -0.39 is 34.7 Å². The Bertz CT molecular complexity index is 969. The van der Waals surface area contributed by atoms with Gasteiger partial charge in [0, 0.05) is 0 Å². The summed E-state index contributed by atoms with van der Waals surface area (Å²) in [6.07, 6.45) is -4.63. The third-order valence-electron chi connectivity index (χ3n) is 3.75. The number of sulfonamides is 1. The maximum atomic E-state index is 13.1. The van der Waals surface area contributed by atoms with Crippen LogP contribution < -0.4 is 9.62 Å². The Morgan fingerprint density at radius 2 is 1.71 bits per heavy atom. The SMILES string of the molecule is C[C@H](C(=O)NCC(F)(F)F)N(c1ccccc1)S(=O)(=O)c1ccc(C#N)cc1. The number of hydrogen-bond donors (Lipinski definition) is 1. The molecule has 28 heavy (non-hydrogen) atoms. The van der Waals surface area contributed by atoms with Gasteiger partial charge < -0.3 is 5.32 Å². The average Bonchev–Trinajstić information content (AvgIpc) is 2.66. The van der Waals surface area contributed by atoms with Gasteiger partial charge in [0.05, 0.1) is 22.2 Å². The summed E-state index contributed by atoms with van der Waals surface area (Å²) >= 11 is 0. The van der Waals surface area contributed by atoms with Crippen molar-refractivity contribution in [2.75, 3.05) is 10.8 Å². The molecule has 1 N–H and O–H groups in total. The van der Waals surface area contributed by atoms with E-state index in [2.05, 4.69) is 0 Å². The molecule has 0 spiro atoms. The number of nitrogens with zero attached hydrogens (tertiary/aromatic N) is 2. The number of halogens is 3. The van der Waals surface area contributed by atoms with E-state index in [9.17, 15) is 26.4 Å². The summed E-state index contributed by atoms with van der Waals surface area (Å²) in [6.45, 7) is -0.379. The van der Waals surface area contributed by atoms with Crippen LogP contribution in [0.1, 0.15) is 12.5 Å². The summed E-state index contributed by atoms with van der Waals surface area (Å²) in [5.74, 6) is -1.10. The van der Waals surface area contributed by atoms with E-state index in [1.807, 2.05) is 6.07 Å². The lowest BCUT2D eigenvalue weighted by molar-refractivity contribution is -0.138. The molecule has 1 atom stereocenters. The highest BCUT2D eigenvalue weighted by Crippen LogP contribution is 2.26. The van der Waals surface area contributed by atoms with Gasteiger partial charge in [0.2, 0.25) is 5.91 Å². The van der Waals surface area contributed by atoms with Crippen LogP contribution in [0.4, 0.5) is 18.9 Å². The Morgan fingerprint density at radius 1 is 1.14 bits per heavy atom. The van der Waals surface area contributed by atoms with E-state index in [0.717, 1.165) is 4.31 Å². The zero-order valence-corrected chi connectivity index (χ0v) is 15.5. The molecule has 0 heterocycles. The lowest BCUT2D eigenvalue weighted by Crippen LogP contribution is -2.49. The van der Waals surface area contributed by atoms with Crippen LogP contribution in [-0.2, 0) is 14.8 Å². The predicted molar refractivity (Wildman–Crippen MR) is 95.8 cm³/mol. The third kappa shape index (κ3) is 5.01. The first kappa shape index (κ1) is 21.2. The van der Waals surface area contributed by atoms with Crippen LogP contribution >= 0.6 is 0 Å². The number of carbonyl (C=O) groups excluding carboxylic acids is 1. The molecule has 2 aromatic rings. The van der Waals surface area contributed by atoms with Gasteiger partial charge in [0.25, 0.3) is 10.0 Å². The van der Waals surface area contributed by atoms with Gasteiger partial charge in [-0.2, -0.15) is 18.4 Å². The number of para-hydroxylation sites is 1. The van der Waals surface area contributed by atoms with Crippen LogP contribution in [-0.4, -0.2) is 33.1 Å². The van der Waals surface area contributed by atoms with Gasteiger partial charge >= 0.3 is 6.18 Å². The number of amides is 1. The average molecular weight is 411 g/mol. The Kier molecular flexibility index (Phi) is 6.30. The van der Waals surface area contributed by atoms with Crippen molar-refractivity contribution in [2.24, 2.45) is 0 Å². The van der Waals surface area contributed by atoms with Gasteiger partial charge in [-0.15, -0.1) is 0 Å². The topological polar surface area (TPSA) is 90.3 Å². The molecule has 6 nitrogen and oxygen atoms in total. The molecule has 0 saturated carbocycles. The Hall–Kier alpha value is -3.06. The van der Waals surface area contributed by atoms with Crippen molar-refractivity contribution in [2.45, 2.75) is 24.0 Å². The first-order chi connectivity index (χ1) is 13.1. The second kappa shape index (κ2) is 8.31. The van der Waals surface area contributed by atoms with Gasteiger partial charge in [-0.1, -0.05) is 18.2 Å². The fourth-order valence-electron chi connectivity index (χ4n) is 2.40. The van der Waals surface area contributed by atoms with Crippen LogP contribution in [0.5, 0.6) is 0 Å². The molecule has 0 fully saturated rings. The van der Waals surface area contributed by atoms with E-state index in [0.29, 0.717) is 0 Å². The summed E-state index contributed by atoms with van der Waals surface area (Å²) in [5, 5.41) is 10.6. The minimum atomic E-state index is -4.63. The summed E-state index contributed by atoms with van der Waals surface area (Å²) in [6, 6.07) is 13.0. The maximum absolute atomic E-state index is 13.1. The first-order valence-corrected chi connectivity index (χ1v) is 9.44. The van der Waals surface area contributed by atoms with Gasteiger partial charge in [-0.3, -0.25) is 9.10 Å². The van der Waals surface area contributed by atoms with Gasteiger partial charge in [0.1, 0.15) is 12.6 Å². The number of hydrogen-bond acceptors (Lipinski definition) is 4. The molecule has 0 aliphatic heterocycles. The molecular weight excluding hydrogens is 395 g/mol. The highest BCUT2D eigenvalue weighted by atomic mass is 32.2. The van der Waals surface area contributed by atoms with Crippen molar-refractivity contribution in [3.05, 3.63) is 60.2 Å². The maximum Gasteiger partial charge on any atom is 0.405 e. The molecule has 0 aliphatic rings. The van der Waals surface area contributed by atoms with E-state index in [-0.39, 0.29) is 16.1 Å². The highest BCUT2D eigenvalue weighted by molar-refractivity contribution is 7.92. The van der Waals surface area contributed by atoms with E-state index >= 15 is 0 Å². The summed E-state index contributed by atoms with van der Waals surface area (Å²) in [4.78, 5) is 12.0. The Balaban J connectivity index is 2.44. The lowest BCUT2D eigenvalue weighted by atomic mass is 10.2. The molecule has 0 aromatic heterocycles.